The fourth-order valence-electron chi connectivity index (χ4n) is 8.69. The second-order valence-electron chi connectivity index (χ2n) is 15.6. The average Bonchev–Trinajstić information content (AvgIpc) is 3.63. The van der Waals surface area contributed by atoms with E-state index >= 15 is 0 Å². The Bertz CT molecular complexity index is 1680. The third kappa shape index (κ3) is 11.5. The van der Waals surface area contributed by atoms with E-state index in [2.05, 4.69) is 32.6 Å². The molecular formula is C41H60Cl2N4O10. The van der Waals surface area contributed by atoms with Crippen molar-refractivity contribution in [2.24, 2.45) is 11.3 Å². The van der Waals surface area contributed by atoms with Gasteiger partial charge in [0.25, 0.3) is 0 Å². The zero-order valence-electron chi connectivity index (χ0n) is 34.1. The zero-order valence-corrected chi connectivity index (χ0v) is 35.8. The average molecular weight is 840 g/mol. The van der Waals surface area contributed by atoms with Crippen molar-refractivity contribution < 1.29 is 47.6 Å². The number of nitrogens with zero attached hydrogens (tertiary/aromatic N) is 2. The van der Waals surface area contributed by atoms with Crippen LogP contribution in [0.25, 0.3) is 6.08 Å². The van der Waals surface area contributed by atoms with Crippen LogP contribution < -0.4 is 10.1 Å². The minimum Gasteiger partial charge on any atom is -0.463 e. The summed E-state index contributed by atoms with van der Waals surface area (Å²) < 4.78 is 36.8. The van der Waals surface area contributed by atoms with Gasteiger partial charge in [0.2, 0.25) is 18.3 Å². The van der Waals surface area contributed by atoms with Gasteiger partial charge >= 0.3 is 23.9 Å². The predicted octanol–water partition coefficient (Wildman–Crippen LogP) is 5.53. The van der Waals surface area contributed by atoms with Crippen molar-refractivity contribution in [1.29, 1.82) is 0 Å². The smallest absolute Gasteiger partial charge is 0.303 e. The Labute approximate surface area is 348 Å². The van der Waals surface area contributed by atoms with E-state index in [1.54, 1.807) is 0 Å². The van der Waals surface area contributed by atoms with Crippen LogP contribution >= 0.6 is 24.8 Å². The summed E-state index contributed by atoms with van der Waals surface area (Å²) in [5, 5.41) is 10.1. The minimum atomic E-state index is -1.91. The van der Waals surface area contributed by atoms with E-state index in [-0.39, 0.29) is 37.1 Å². The Morgan fingerprint density at radius 1 is 0.982 bits per heavy atom. The van der Waals surface area contributed by atoms with Gasteiger partial charge in [-0.3, -0.25) is 19.2 Å². The summed E-state index contributed by atoms with van der Waals surface area (Å²) >= 11 is 0. The lowest BCUT2D eigenvalue weighted by Crippen LogP contribution is -2.79. The lowest BCUT2D eigenvalue weighted by molar-refractivity contribution is -0.368. The van der Waals surface area contributed by atoms with Crippen LogP contribution in [-0.2, 0) is 49.3 Å². The molecule has 2 N–H and O–H groups in total. The number of piperidine rings is 2. The van der Waals surface area contributed by atoms with Crippen molar-refractivity contribution >= 4 is 54.8 Å². The van der Waals surface area contributed by atoms with Crippen molar-refractivity contribution in [2.45, 2.75) is 117 Å². The molecule has 1 spiro atoms. The lowest BCUT2D eigenvalue weighted by Gasteiger charge is -2.59. The molecule has 3 saturated heterocycles. The Morgan fingerprint density at radius 3 is 2.30 bits per heavy atom. The van der Waals surface area contributed by atoms with Crippen LogP contribution in [0.15, 0.2) is 36.5 Å². The molecule has 0 amide bonds. The molecule has 5 rings (SSSR count). The highest BCUT2D eigenvalue weighted by atomic mass is 35.5. The molecule has 4 heterocycles. The summed E-state index contributed by atoms with van der Waals surface area (Å²) in [7, 11) is 0. The number of aromatic nitrogens is 2. The van der Waals surface area contributed by atoms with Crippen LogP contribution in [0.2, 0.25) is 0 Å². The molecular weight excluding hydrogens is 779 g/mol. The van der Waals surface area contributed by atoms with Gasteiger partial charge in [0.05, 0.1) is 6.20 Å². The number of carbonyl (C=O) groups is 4. The van der Waals surface area contributed by atoms with E-state index in [0.717, 1.165) is 49.3 Å². The van der Waals surface area contributed by atoms with Gasteiger partial charge in [0, 0.05) is 53.3 Å². The summed E-state index contributed by atoms with van der Waals surface area (Å²) in [5.41, 5.74) is -0.569. The van der Waals surface area contributed by atoms with Crippen molar-refractivity contribution in [3.8, 4) is 5.88 Å². The molecule has 1 aromatic carbocycles. The maximum Gasteiger partial charge on any atom is 0.303 e. The number of rotatable bonds is 14. The molecule has 57 heavy (non-hydrogen) atoms. The first kappa shape index (κ1) is 47.7. The SMILES string of the molecule is CC(=O)OC[C@@]1(C(C)C)O[C@@H](Oc2ccn[nH]2)[C@H](OC(C)=O)[C@@H](OC(C)=O)[C@]1(Cc1ccc(/C=C/CCN2CCCC3(CCNCC3)C2)cc1C)OC(C)=O.Cl.Cl. The molecule has 14 nitrogen and oxygen atoms in total. The number of halogens is 2. The largest absolute Gasteiger partial charge is 0.463 e. The molecule has 16 heteroatoms. The molecule has 1 aromatic heterocycles. The molecule has 2 aromatic rings. The molecule has 0 radical (unpaired) electrons. The van der Waals surface area contributed by atoms with Crippen LogP contribution in [0, 0.1) is 18.3 Å². The monoisotopic (exact) mass is 838 g/mol. The van der Waals surface area contributed by atoms with Crippen LogP contribution in [0.5, 0.6) is 5.88 Å². The number of benzene rings is 1. The lowest BCUT2D eigenvalue weighted by atomic mass is 9.65. The molecule has 3 aliphatic heterocycles. The maximum absolute atomic E-state index is 13.2. The third-order valence-corrected chi connectivity index (χ3v) is 11.3. The summed E-state index contributed by atoms with van der Waals surface area (Å²) in [6.07, 6.45) is 7.35. The second kappa shape index (κ2) is 20.8. The number of aromatic amines is 1. The molecule has 0 aliphatic carbocycles. The van der Waals surface area contributed by atoms with E-state index in [1.807, 2.05) is 39.0 Å². The van der Waals surface area contributed by atoms with Gasteiger partial charge in [0.15, 0.2) is 17.3 Å². The van der Waals surface area contributed by atoms with Crippen molar-refractivity contribution in [3.05, 3.63) is 53.2 Å². The normalized spacial score (nSPS) is 25.9. The van der Waals surface area contributed by atoms with Gasteiger partial charge in [-0.15, -0.1) is 24.8 Å². The van der Waals surface area contributed by atoms with Crippen LogP contribution in [0.1, 0.15) is 90.3 Å². The Hall–Kier alpha value is -3.69. The van der Waals surface area contributed by atoms with Gasteiger partial charge in [-0.1, -0.05) is 44.2 Å². The quantitative estimate of drug-likeness (QED) is 0.180. The van der Waals surface area contributed by atoms with Gasteiger partial charge in [-0.2, -0.15) is 5.10 Å². The highest BCUT2D eigenvalue weighted by Crippen LogP contribution is 2.50. The highest BCUT2D eigenvalue weighted by Gasteiger charge is 2.72. The van der Waals surface area contributed by atoms with Crippen LogP contribution in [0.4, 0.5) is 0 Å². The number of ether oxygens (including phenoxy) is 6. The number of likely N-dealkylation sites (tertiary alicyclic amines) is 1. The number of hydrogen-bond acceptors (Lipinski definition) is 13. The third-order valence-electron chi connectivity index (χ3n) is 11.3. The fraction of sp³-hybridized carbons (Fsp3) is 0.634. The summed E-state index contributed by atoms with van der Waals surface area (Å²) in [5.74, 6) is -3.21. The number of H-pyrrole nitrogens is 1. The topological polar surface area (TPSA) is 168 Å². The van der Waals surface area contributed by atoms with E-state index in [0.29, 0.717) is 5.41 Å². The van der Waals surface area contributed by atoms with E-state index in [4.69, 9.17) is 28.4 Å². The molecule has 0 bridgehead atoms. The predicted molar refractivity (Wildman–Crippen MR) is 217 cm³/mol. The van der Waals surface area contributed by atoms with Gasteiger partial charge < -0.3 is 38.6 Å². The Morgan fingerprint density at radius 2 is 1.70 bits per heavy atom. The number of nitrogens with one attached hydrogen (secondary N) is 2. The van der Waals surface area contributed by atoms with Crippen molar-refractivity contribution in [3.63, 3.8) is 0 Å². The zero-order chi connectivity index (χ0) is 39.8. The molecule has 5 atom stereocenters. The molecule has 318 valence electrons. The van der Waals surface area contributed by atoms with Crippen LogP contribution in [-0.4, -0.2) is 108 Å². The van der Waals surface area contributed by atoms with E-state index in [9.17, 15) is 19.2 Å². The number of esters is 4. The summed E-state index contributed by atoms with van der Waals surface area (Å²) in [6.45, 7) is 15.6. The van der Waals surface area contributed by atoms with Crippen LogP contribution in [0.3, 0.4) is 0 Å². The first-order valence-corrected chi connectivity index (χ1v) is 19.4. The number of carbonyl (C=O) groups excluding carboxylic acids is 4. The minimum absolute atomic E-state index is 0. The molecule has 3 fully saturated rings. The highest BCUT2D eigenvalue weighted by molar-refractivity contribution is 5.85. The fourth-order valence-corrected chi connectivity index (χ4v) is 8.69. The standard InChI is InChI=1S/C41H58N4O10.2ClH/c1-27(2)41(26-50-29(4)46)40(54-32(7)49,37(52-31(6)48)36(51-30(5)47)38(55-41)53-35-14-18-43-44-35)24-34-13-12-33(23-28(34)3)11-8-9-21-45-22-10-15-39(25-45)16-19-42-20-17-39;;/h8,11-14,18,23,27,36-38,42H,9-10,15-17,19-22,24-26H2,1-7H3,(H,43,44);2*1H/b11-8+;;/t36-,37-,38-,40+,41+;;/m1../s1. The number of aryl methyl sites for hydroxylation is 1. The Balaban J connectivity index is 0.00000435. The Kier molecular flexibility index (Phi) is 17.4. The van der Waals surface area contributed by atoms with E-state index in [1.165, 1.54) is 72.2 Å². The van der Waals surface area contributed by atoms with E-state index < -0.39 is 66.1 Å². The van der Waals surface area contributed by atoms with Crippen molar-refractivity contribution in [1.82, 2.24) is 20.4 Å². The first-order chi connectivity index (χ1) is 26.2. The first-order valence-electron chi connectivity index (χ1n) is 19.4. The second-order valence-corrected chi connectivity index (χ2v) is 15.6. The molecule has 0 unspecified atom stereocenters. The maximum atomic E-state index is 13.2. The van der Waals surface area contributed by atoms with Gasteiger partial charge in [-0.05, 0) is 86.7 Å². The van der Waals surface area contributed by atoms with Gasteiger partial charge in [0.1, 0.15) is 6.61 Å². The van der Waals surface area contributed by atoms with Gasteiger partial charge in [-0.25, -0.2) is 5.10 Å². The summed E-state index contributed by atoms with van der Waals surface area (Å²) in [4.78, 5) is 53.9. The summed E-state index contributed by atoms with van der Waals surface area (Å²) in [6, 6.07) is 7.48. The number of hydrogen-bond donors (Lipinski definition) is 2. The molecule has 3 aliphatic rings. The molecule has 0 saturated carbocycles. The van der Waals surface area contributed by atoms with Crippen molar-refractivity contribution in [2.75, 3.05) is 39.3 Å².